The van der Waals surface area contributed by atoms with E-state index in [9.17, 15) is 0 Å². The molecule has 1 saturated heterocycles. The Labute approximate surface area is 177 Å². The number of piperidine rings is 1. The van der Waals surface area contributed by atoms with E-state index in [1.54, 1.807) is 19.5 Å². The van der Waals surface area contributed by atoms with Crippen molar-refractivity contribution in [2.45, 2.75) is 76.6 Å². The highest BCUT2D eigenvalue weighted by Crippen LogP contribution is 2.32. The van der Waals surface area contributed by atoms with Crippen LogP contribution in [0.1, 0.15) is 64.1 Å². The Morgan fingerprint density at radius 3 is 2.37 bits per heavy atom. The van der Waals surface area contributed by atoms with Gasteiger partial charge in [-0.05, 0) is 38.5 Å². The molecule has 0 aromatic carbocycles. The number of ether oxygens (including phenoxy) is 3. The van der Waals surface area contributed by atoms with Crippen LogP contribution in [0.4, 0.5) is 6.01 Å². The lowest BCUT2D eigenvalue weighted by atomic mass is 9.94. The quantitative estimate of drug-likeness (QED) is 0.670. The van der Waals surface area contributed by atoms with Crippen LogP contribution in [0.5, 0.6) is 11.5 Å². The van der Waals surface area contributed by atoms with Crippen LogP contribution in [0.25, 0.3) is 0 Å². The molecular formula is C22H32N4O4. The number of hydrogen-bond donors (Lipinski definition) is 0. The molecule has 0 spiro atoms. The van der Waals surface area contributed by atoms with Gasteiger partial charge in [-0.15, -0.1) is 0 Å². The van der Waals surface area contributed by atoms with Crippen LogP contribution >= 0.6 is 0 Å². The van der Waals surface area contributed by atoms with Crippen molar-refractivity contribution in [3.63, 3.8) is 0 Å². The summed E-state index contributed by atoms with van der Waals surface area (Å²) in [5.74, 6) is 2.50. The molecule has 0 atom stereocenters. The fraction of sp³-hybridized carbons (Fsp3) is 0.682. The van der Waals surface area contributed by atoms with E-state index in [0.717, 1.165) is 63.2 Å². The molecule has 0 radical (unpaired) electrons. The van der Waals surface area contributed by atoms with Crippen LogP contribution in [0, 0.1) is 0 Å². The van der Waals surface area contributed by atoms with Crippen molar-refractivity contribution in [1.29, 1.82) is 0 Å². The van der Waals surface area contributed by atoms with Gasteiger partial charge in [-0.3, -0.25) is 4.98 Å². The molecule has 2 aliphatic rings. The Kier molecular flexibility index (Phi) is 6.72. The van der Waals surface area contributed by atoms with Crippen molar-refractivity contribution in [2.75, 3.05) is 25.1 Å². The van der Waals surface area contributed by atoms with Gasteiger partial charge in [0.15, 0.2) is 17.3 Å². The van der Waals surface area contributed by atoms with Crippen LogP contribution < -0.4 is 14.4 Å². The molecule has 0 amide bonds. The van der Waals surface area contributed by atoms with Gasteiger partial charge < -0.3 is 23.6 Å². The number of hydrogen-bond acceptors (Lipinski definition) is 8. The largest absolute Gasteiger partial charge is 0.491 e. The third-order valence-corrected chi connectivity index (χ3v) is 5.93. The minimum absolute atomic E-state index is 0.204. The highest BCUT2D eigenvalue weighted by Gasteiger charge is 2.29. The lowest BCUT2D eigenvalue weighted by Crippen LogP contribution is -2.39. The Hall–Kier alpha value is -2.35. The first-order valence-electron chi connectivity index (χ1n) is 11.0. The van der Waals surface area contributed by atoms with E-state index in [1.165, 1.54) is 0 Å². The fourth-order valence-electron chi connectivity index (χ4n) is 4.13. The molecular weight excluding hydrogens is 384 g/mol. The molecule has 1 aliphatic carbocycles. The third kappa shape index (κ3) is 5.03. The van der Waals surface area contributed by atoms with Gasteiger partial charge in [0, 0.05) is 31.3 Å². The average molecular weight is 417 g/mol. The van der Waals surface area contributed by atoms with Crippen LogP contribution in [-0.4, -0.2) is 53.6 Å². The van der Waals surface area contributed by atoms with E-state index in [0.29, 0.717) is 24.0 Å². The van der Waals surface area contributed by atoms with Gasteiger partial charge in [0.2, 0.25) is 0 Å². The van der Waals surface area contributed by atoms with E-state index < -0.39 is 0 Å². The van der Waals surface area contributed by atoms with Crippen molar-refractivity contribution in [3.05, 3.63) is 24.3 Å². The molecule has 3 heterocycles. The van der Waals surface area contributed by atoms with Gasteiger partial charge in [-0.1, -0.05) is 19.0 Å². The summed E-state index contributed by atoms with van der Waals surface area (Å²) in [5.41, 5.74) is 0. The van der Waals surface area contributed by atoms with Crippen molar-refractivity contribution in [2.24, 2.45) is 0 Å². The zero-order valence-electron chi connectivity index (χ0n) is 18.1. The van der Waals surface area contributed by atoms with Gasteiger partial charge in [0.25, 0.3) is 0 Å². The maximum Gasteiger partial charge on any atom is 0.324 e. The summed E-state index contributed by atoms with van der Waals surface area (Å²) in [4.78, 5) is 10.8. The SMILES string of the molecule is COc1cnccc1O[C@H]1CC[C@H](OC2CCN(c3nc(C(C)C)no3)CC2)CC1. The molecule has 2 aromatic heterocycles. The topological polar surface area (TPSA) is 82.7 Å². The second-order valence-corrected chi connectivity index (χ2v) is 8.46. The second-order valence-electron chi connectivity index (χ2n) is 8.46. The number of nitrogens with zero attached hydrogens (tertiary/aromatic N) is 4. The number of methoxy groups -OCH3 is 1. The minimum Gasteiger partial charge on any atom is -0.491 e. The third-order valence-electron chi connectivity index (χ3n) is 5.93. The summed E-state index contributed by atoms with van der Waals surface area (Å²) >= 11 is 0. The van der Waals surface area contributed by atoms with E-state index >= 15 is 0 Å². The Morgan fingerprint density at radius 2 is 1.70 bits per heavy atom. The summed E-state index contributed by atoms with van der Waals surface area (Å²) in [6.45, 7) is 5.93. The minimum atomic E-state index is 0.204. The van der Waals surface area contributed by atoms with Crippen LogP contribution in [0.3, 0.4) is 0 Å². The van der Waals surface area contributed by atoms with Crippen molar-refractivity contribution in [1.82, 2.24) is 15.1 Å². The smallest absolute Gasteiger partial charge is 0.324 e. The second kappa shape index (κ2) is 9.64. The number of rotatable bonds is 7. The highest BCUT2D eigenvalue weighted by atomic mass is 16.5. The molecule has 8 heteroatoms. The molecule has 4 rings (SSSR count). The molecule has 8 nitrogen and oxygen atoms in total. The predicted octanol–water partition coefficient (Wildman–Crippen LogP) is 3.97. The summed E-state index contributed by atoms with van der Waals surface area (Å²) in [6.07, 6.45) is 10.3. The van der Waals surface area contributed by atoms with Gasteiger partial charge in [-0.2, -0.15) is 4.98 Å². The van der Waals surface area contributed by atoms with Crippen molar-refractivity contribution in [3.8, 4) is 11.5 Å². The first-order chi connectivity index (χ1) is 14.6. The van der Waals surface area contributed by atoms with Gasteiger partial charge in [-0.25, -0.2) is 0 Å². The van der Waals surface area contributed by atoms with Gasteiger partial charge in [0.1, 0.15) is 0 Å². The zero-order valence-corrected chi connectivity index (χ0v) is 18.1. The molecule has 0 unspecified atom stereocenters. The monoisotopic (exact) mass is 416 g/mol. The molecule has 164 valence electrons. The van der Waals surface area contributed by atoms with Crippen molar-refractivity contribution < 1.29 is 18.7 Å². The predicted molar refractivity (Wildman–Crippen MR) is 112 cm³/mol. The molecule has 30 heavy (non-hydrogen) atoms. The van der Waals surface area contributed by atoms with Gasteiger partial charge in [0.05, 0.1) is 31.6 Å². The highest BCUT2D eigenvalue weighted by molar-refractivity contribution is 5.36. The Morgan fingerprint density at radius 1 is 1.00 bits per heavy atom. The molecule has 1 saturated carbocycles. The van der Waals surface area contributed by atoms with Crippen molar-refractivity contribution >= 4 is 6.01 Å². The van der Waals surface area contributed by atoms with E-state index in [1.807, 2.05) is 6.07 Å². The molecule has 2 aromatic rings. The summed E-state index contributed by atoms with van der Waals surface area (Å²) in [6, 6.07) is 2.50. The maximum atomic E-state index is 6.42. The van der Waals surface area contributed by atoms with Crippen LogP contribution in [-0.2, 0) is 4.74 Å². The fourth-order valence-corrected chi connectivity index (χ4v) is 4.13. The number of anilines is 1. The van der Waals surface area contributed by atoms with E-state index in [-0.39, 0.29) is 12.0 Å². The summed E-state index contributed by atoms with van der Waals surface area (Å²) in [7, 11) is 1.64. The normalized spacial score (nSPS) is 23.0. The lowest BCUT2D eigenvalue weighted by Gasteiger charge is -2.35. The Bertz CT molecular complexity index is 796. The van der Waals surface area contributed by atoms with Gasteiger partial charge >= 0.3 is 6.01 Å². The molecule has 2 fully saturated rings. The Balaban J connectivity index is 1.19. The summed E-state index contributed by atoms with van der Waals surface area (Å²) in [5, 5.41) is 4.07. The standard InChI is InChI=1S/C22H32N4O4/c1-15(2)21-24-22(30-25-21)26-12-9-18(10-13-26)28-16-4-6-17(7-5-16)29-19-8-11-23-14-20(19)27-3/h8,11,14-18H,4-7,9-10,12-13H2,1-3H3/t16-,17-. The first kappa shape index (κ1) is 20.9. The lowest BCUT2D eigenvalue weighted by molar-refractivity contribution is -0.0531. The van der Waals surface area contributed by atoms with E-state index in [2.05, 4.69) is 33.9 Å². The first-order valence-corrected chi connectivity index (χ1v) is 11.0. The zero-order chi connectivity index (χ0) is 20.9. The molecule has 1 aliphatic heterocycles. The van der Waals surface area contributed by atoms with E-state index in [4.69, 9.17) is 18.7 Å². The molecule has 0 bridgehead atoms. The maximum absolute atomic E-state index is 6.42. The summed E-state index contributed by atoms with van der Waals surface area (Å²) < 4.78 is 23.3. The number of aromatic nitrogens is 3. The number of pyridine rings is 1. The van der Waals surface area contributed by atoms with Crippen LogP contribution in [0.15, 0.2) is 23.0 Å². The average Bonchev–Trinajstić information content (AvgIpc) is 3.27. The molecule has 0 N–H and O–H groups in total. The van der Waals surface area contributed by atoms with Crippen LogP contribution in [0.2, 0.25) is 0 Å².